The zero-order valence-electron chi connectivity index (χ0n) is 13.1. The van der Waals surface area contributed by atoms with Crippen LogP contribution >= 0.6 is 0 Å². The minimum absolute atomic E-state index is 0.0550. The average molecular weight is 303 g/mol. The lowest BCUT2D eigenvalue weighted by Crippen LogP contribution is -2.34. The van der Waals surface area contributed by atoms with Crippen LogP contribution in [-0.4, -0.2) is 36.4 Å². The van der Waals surface area contributed by atoms with Crippen molar-refractivity contribution in [1.82, 2.24) is 5.32 Å². The second kappa shape index (κ2) is 6.60. The summed E-state index contributed by atoms with van der Waals surface area (Å²) in [6, 6.07) is 0. The first-order valence-corrected chi connectivity index (χ1v) is 7.18. The molecule has 0 aromatic rings. The number of alkyl carbamates (subject to hydrolysis) is 1. The number of nitrogens with zero attached hydrogens (tertiary/aromatic N) is 1. The lowest BCUT2D eigenvalue weighted by molar-refractivity contribution is 0.0512. The number of hydrogen-bond donors (Lipinski definition) is 2. The molecule has 0 spiro atoms. The number of dihydropyridines is 1. The van der Waals surface area contributed by atoms with Crippen LogP contribution in [0, 0.1) is 11.3 Å². The Bertz CT molecular complexity index is 580. The monoisotopic (exact) mass is 303 g/mol. The number of carbonyl (C=O) groups is 1. The molecule has 0 fully saturated rings. The number of nitrogens with one attached hydrogen (secondary N) is 2. The van der Waals surface area contributed by atoms with Gasteiger partial charge in [0.05, 0.1) is 18.2 Å². The Hall–Kier alpha value is -2.37. The van der Waals surface area contributed by atoms with Crippen molar-refractivity contribution >= 4 is 17.6 Å². The molecule has 0 aromatic carbocycles. The fourth-order valence-corrected chi connectivity index (χ4v) is 2.04. The van der Waals surface area contributed by atoms with E-state index in [1.165, 1.54) is 0 Å². The highest BCUT2D eigenvalue weighted by atomic mass is 16.6. The molecule has 1 heterocycles. The normalized spacial score (nSPS) is 20.0. The van der Waals surface area contributed by atoms with E-state index >= 15 is 0 Å². The van der Waals surface area contributed by atoms with Gasteiger partial charge in [0.2, 0.25) is 0 Å². The number of rotatable bonds is 4. The number of aliphatic imine (C=N–C) groups is 1. The highest BCUT2D eigenvalue weighted by Gasteiger charge is 2.24. The van der Waals surface area contributed by atoms with Crippen molar-refractivity contribution in [3.8, 4) is 0 Å². The van der Waals surface area contributed by atoms with Gasteiger partial charge in [-0.15, -0.1) is 0 Å². The van der Waals surface area contributed by atoms with Gasteiger partial charge in [-0.2, -0.15) is 0 Å². The summed E-state index contributed by atoms with van der Waals surface area (Å²) in [6.45, 7) is 6.07. The van der Waals surface area contributed by atoms with E-state index in [1.807, 2.05) is 45.1 Å². The Balaban J connectivity index is 1.80. The van der Waals surface area contributed by atoms with Crippen LogP contribution in [0.15, 0.2) is 41.1 Å². The Kier molecular flexibility index (Phi) is 4.80. The van der Waals surface area contributed by atoms with Gasteiger partial charge in [-0.1, -0.05) is 18.2 Å². The molecule has 118 valence electrons. The maximum Gasteiger partial charge on any atom is 0.407 e. The van der Waals surface area contributed by atoms with Gasteiger partial charge < -0.3 is 14.8 Å². The molecule has 1 unspecified atom stereocenters. The van der Waals surface area contributed by atoms with Crippen molar-refractivity contribution in [3.05, 3.63) is 36.1 Å². The molecule has 1 amide bonds. The highest BCUT2D eigenvalue weighted by molar-refractivity contribution is 6.12. The minimum atomic E-state index is -0.517. The molecule has 2 rings (SSSR count). The van der Waals surface area contributed by atoms with Crippen LogP contribution in [0.3, 0.4) is 0 Å². The molecular weight excluding hydrogens is 282 g/mol. The molecule has 0 radical (unpaired) electrons. The number of hydrogen-bond acceptors (Lipinski definition) is 4. The Morgan fingerprint density at radius 2 is 2.18 bits per heavy atom. The summed E-state index contributed by atoms with van der Waals surface area (Å²) in [4.78, 5) is 15.7. The maximum atomic E-state index is 11.5. The van der Waals surface area contributed by atoms with E-state index < -0.39 is 11.7 Å². The zero-order valence-corrected chi connectivity index (χ0v) is 13.1. The quantitative estimate of drug-likeness (QED) is 0.783. The molecule has 1 aliphatic carbocycles. The Labute approximate surface area is 130 Å². The van der Waals surface area contributed by atoms with E-state index in [4.69, 9.17) is 14.9 Å². The lowest BCUT2D eigenvalue weighted by Gasteiger charge is -2.23. The van der Waals surface area contributed by atoms with Crippen LogP contribution in [0.5, 0.6) is 0 Å². The lowest BCUT2D eigenvalue weighted by atomic mass is 9.94. The fraction of sp³-hybridized carbons (Fsp3) is 0.438. The van der Waals surface area contributed by atoms with Crippen LogP contribution in [0.1, 0.15) is 20.8 Å². The summed E-state index contributed by atoms with van der Waals surface area (Å²) in [6.07, 6.45) is 8.78. The number of amides is 1. The van der Waals surface area contributed by atoms with Crippen molar-refractivity contribution in [3.63, 3.8) is 0 Å². The van der Waals surface area contributed by atoms with Crippen molar-refractivity contribution < 1.29 is 14.3 Å². The third-order valence-electron chi connectivity index (χ3n) is 2.87. The number of carbonyl (C=O) groups excluding carboxylic acids is 1. The van der Waals surface area contributed by atoms with E-state index in [2.05, 4.69) is 10.3 Å². The highest BCUT2D eigenvalue weighted by Crippen LogP contribution is 2.23. The fourth-order valence-electron chi connectivity index (χ4n) is 2.04. The summed E-state index contributed by atoms with van der Waals surface area (Å²) < 4.78 is 10.8. The second-order valence-electron chi connectivity index (χ2n) is 5.97. The van der Waals surface area contributed by atoms with Crippen LogP contribution in [0.25, 0.3) is 0 Å². The topological polar surface area (TPSA) is 83.8 Å². The minimum Gasteiger partial charge on any atom is -0.495 e. The van der Waals surface area contributed by atoms with Gasteiger partial charge in [0.15, 0.2) is 0 Å². The molecule has 1 aliphatic heterocycles. The number of allylic oxidation sites excluding steroid dienone is 4. The zero-order chi connectivity index (χ0) is 16.2. The van der Waals surface area contributed by atoms with Gasteiger partial charge in [0, 0.05) is 6.08 Å². The predicted octanol–water partition coefficient (Wildman–Crippen LogP) is 2.59. The van der Waals surface area contributed by atoms with Crippen LogP contribution in [0.2, 0.25) is 0 Å². The predicted molar refractivity (Wildman–Crippen MR) is 85.2 cm³/mol. The SMILES string of the molecule is CC(C)(C)OC(=O)NCCOC1=CC(=N)N=C2C=CC=CC12. The van der Waals surface area contributed by atoms with E-state index in [-0.39, 0.29) is 11.8 Å². The molecule has 2 N–H and O–H groups in total. The molecule has 0 bridgehead atoms. The van der Waals surface area contributed by atoms with Crippen molar-refractivity contribution in [2.75, 3.05) is 13.2 Å². The molecule has 0 saturated heterocycles. The van der Waals surface area contributed by atoms with Gasteiger partial charge in [-0.05, 0) is 26.8 Å². The van der Waals surface area contributed by atoms with Crippen LogP contribution in [0.4, 0.5) is 4.79 Å². The van der Waals surface area contributed by atoms with Gasteiger partial charge in [0.1, 0.15) is 23.8 Å². The molecule has 0 saturated carbocycles. The third kappa shape index (κ3) is 4.58. The van der Waals surface area contributed by atoms with E-state index in [0.717, 1.165) is 5.71 Å². The summed E-state index contributed by atoms with van der Waals surface area (Å²) in [5.74, 6) is 0.781. The first-order chi connectivity index (χ1) is 10.3. The summed E-state index contributed by atoms with van der Waals surface area (Å²) in [5.41, 5.74) is 0.279. The van der Waals surface area contributed by atoms with Crippen LogP contribution < -0.4 is 5.32 Å². The van der Waals surface area contributed by atoms with Crippen molar-refractivity contribution in [2.24, 2.45) is 10.9 Å². The first-order valence-electron chi connectivity index (χ1n) is 7.18. The van der Waals surface area contributed by atoms with Crippen molar-refractivity contribution in [2.45, 2.75) is 26.4 Å². The van der Waals surface area contributed by atoms with E-state index in [9.17, 15) is 4.79 Å². The number of amidine groups is 1. The maximum absolute atomic E-state index is 11.5. The van der Waals surface area contributed by atoms with Crippen LogP contribution in [-0.2, 0) is 9.47 Å². The Morgan fingerprint density at radius 3 is 2.91 bits per heavy atom. The first kappa shape index (κ1) is 16.0. The van der Waals surface area contributed by atoms with Gasteiger partial charge >= 0.3 is 6.09 Å². The van der Waals surface area contributed by atoms with Gasteiger partial charge in [-0.25, -0.2) is 9.79 Å². The molecule has 22 heavy (non-hydrogen) atoms. The molecule has 6 nitrogen and oxygen atoms in total. The summed E-state index contributed by atoms with van der Waals surface area (Å²) >= 11 is 0. The molecule has 0 aromatic heterocycles. The molecule has 2 aliphatic rings. The van der Waals surface area contributed by atoms with Gasteiger partial charge in [-0.3, -0.25) is 5.41 Å². The number of fused-ring (bicyclic) bond motifs is 1. The average Bonchev–Trinajstić information content (AvgIpc) is 2.41. The smallest absolute Gasteiger partial charge is 0.407 e. The molecular formula is C16H21N3O3. The number of ether oxygens (including phenoxy) is 2. The summed E-state index contributed by atoms with van der Waals surface area (Å²) in [5, 5.41) is 10.3. The van der Waals surface area contributed by atoms with Gasteiger partial charge in [0.25, 0.3) is 0 Å². The second-order valence-corrected chi connectivity index (χ2v) is 5.97. The van der Waals surface area contributed by atoms with E-state index in [0.29, 0.717) is 18.9 Å². The van der Waals surface area contributed by atoms with E-state index in [1.54, 1.807) is 6.08 Å². The summed E-state index contributed by atoms with van der Waals surface area (Å²) in [7, 11) is 0. The molecule has 6 heteroatoms. The third-order valence-corrected chi connectivity index (χ3v) is 2.87. The Morgan fingerprint density at radius 1 is 1.41 bits per heavy atom. The van der Waals surface area contributed by atoms with Crippen molar-refractivity contribution in [1.29, 1.82) is 5.41 Å². The molecule has 1 atom stereocenters. The largest absolute Gasteiger partial charge is 0.495 e. The standard InChI is InChI=1S/C16H21N3O3/c1-16(2,3)22-15(20)18-8-9-21-13-10-14(17)19-12-7-5-4-6-11(12)13/h4-7,10-11,17H,8-9H2,1-3H3,(H,18,20).